The minimum atomic E-state index is 0.258. The van der Waals surface area contributed by atoms with Crippen molar-refractivity contribution < 1.29 is 5.11 Å². The standard InChI is InChI=1S/C23H15Br2NO/c24-19-7-1-16(2-8-19)22-13-18(15-5-11-21(27)12-6-15)14-23(26-22)17-3-9-20(25)10-4-17/h1-14,27H. The van der Waals surface area contributed by atoms with Gasteiger partial charge in [-0.1, -0.05) is 68.3 Å². The normalized spacial score (nSPS) is 10.7. The van der Waals surface area contributed by atoms with Crippen LogP contribution in [0.3, 0.4) is 0 Å². The summed E-state index contributed by atoms with van der Waals surface area (Å²) in [4.78, 5) is 4.90. The number of aromatic hydroxyl groups is 1. The Labute approximate surface area is 174 Å². The van der Waals surface area contributed by atoms with Gasteiger partial charge in [-0.3, -0.25) is 0 Å². The molecule has 27 heavy (non-hydrogen) atoms. The van der Waals surface area contributed by atoms with Gasteiger partial charge in [0.2, 0.25) is 0 Å². The SMILES string of the molecule is Oc1ccc(-c2cc(-c3ccc(Br)cc3)nc(-c3ccc(Br)cc3)c2)cc1. The lowest BCUT2D eigenvalue weighted by molar-refractivity contribution is 0.475. The van der Waals surface area contributed by atoms with Crippen LogP contribution in [0.4, 0.5) is 0 Å². The first-order chi connectivity index (χ1) is 13.1. The molecule has 0 spiro atoms. The van der Waals surface area contributed by atoms with Crippen LogP contribution in [-0.2, 0) is 0 Å². The van der Waals surface area contributed by atoms with Crippen molar-refractivity contribution in [1.82, 2.24) is 4.98 Å². The highest BCUT2D eigenvalue weighted by Crippen LogP contribution is 2.31. The van der Waals surface area contributed by atoms with Gasteiger partial charge >= 0.3 is 0 Å². The molecule has 1 heterocycles. The Balaban J connectivity index is 1.89. The summed E-state index contributed by atoms with van der Waals surface area (Å²) in [5.74, 6) is 0.258. The van der Waals surface area contributed by atoms with Gasteiger partial charge in [-0.25, -0.2) is 4.98 Å². The van der Waals surface area contributed by atoms with E-state index in [1.807, 2.05) is 36.4 Å². The fourth-order valence-corrected chi connectivity index (χ4v) is 3.42. The van der Waals surface area contributed by atoms with Crippen molar-refractivity contribution >= 4 is 31.9 Å². The van der Waals surface area contributed by atoms with Crippen molar-refractivity contribution in [3.05, 3.63) is 93.9 Å². The molecule has 2 nitrogen and oxygen atoms in total. The van der Waals surface area contributed by atoms with Crippen molar-refractivity contribution in [1.29, 1.82) is 0 Å². The van der Waals surface area contributed by atoms with E-state index in [0.29, 0.717) is 0 Å². The number of aromatic nitrogens is 1. The van der Waals surface area contributed by atoms with E-state index in [2.05, 4.69) is 68.3 Å². The molecule has 132 valence electrons. The number of halogens is 2. The number of nitrogens with zero attached hydrogens (tertiary/aromatic N) is 1. The first-order valence-corrected chi connectivity index (χ1v) is 10.0. The zero-order valence-corrected chi connectivity index (χ0v) is 17.4. The minimum absolute atomic E-state index is 0.258. The van der Waals surface area contributed by atoms with E-state index in [-0.39, 0.29) is 5.75 Å². The maximum absolute atomic E-state index is 9.60. The molecule has 1 N–H and O–H groups in total. The zero-order chi connectivity index (χ0) is 18.8. The third-order valence-corrected chi connectivity index (χ3v) is 5.36. The third-order valence-electron chi connectivity index (χ3n) is 4.31. The molecule has 0 saturated carbocycles. The van der Waals surface area contributed by atoms with Crippen LogP contribution in [-0.4, -0.2) is 10.1 Å². The molecule has 4 heteroatoms. The lowest BCUT2D eigenvalue weighted by Gasteiger charge is -2.11. The topological polar surface area (TPSA) is 33.1 Å². The largest absolute Gasteiger partial charge is 0.508 e. The molecule has 0 atom stereocenters. The van der Waals surface area contributed by atoms with Gasteiger partial charge in [0.25, 0.3) is 0 Å². The number of rotatable bonds is 3. The van der Waals surface area contributed by atoms with Crippen molar-refractivity contribution in [2.75, 3.05) is 0 Å². The summed E-state index contributed by atoms with van der Waals surface area (Å²) in [5, 5.41) is 9.60. The molecule has 0 unspecified atom stereocenters. The van der Waals surface area contributed by atoms with Crippen molar-refractivity contribution in [2.45, 2.75) is 0 Å². The van der Waals surface area contributed by atoms with Crippen molar-refractivity contribution in [3.8, 4) is 39.4 Å². The van der Waals surface area contributed by atoms with Crippen LogP contribution in [0.15, 0.2) is 93.9 Å². The molecule has 0 aliphatic carbocycles. The van der Waals surface area contributed by atoms with E-state index >= 15 is 0 Å². The Hall–Kier alpha value is -2.43. The molecule has 1 aromatic heterocycles. The molecule has 0 amide bonds. The van der Waals surface area contributed by atoms with Crippen molar-refractivity contribution in [3.63, 3.8) is 0 Å². The van der Waals surface area contributed by atoms with Gasteiger partial charge in [0.1, 0.15) is 5.75 Å². The first kappa shape index (κ1) is 18.0. The number of hydrogen-bond donors (Lipinski definition) is 1. The number of hydrogen-bond acceptors (Lipinski definition) is 2. The fraction of sp³-hybridized carbons (Fsp3) is 0. The molecular weight excluding hydrogens is 466 g/mol. The van der Waals surface area contributed by atoms with Gasteiger partial charge in [0.15, 0.2) is 0 Å². The summed E-state index contributed by atoms with van der Waals surface area (Å²) in [6, 6.07) is 27.7. The number of phenolic OH excluding ortho intramolecular Hbond substituents is 1. The predicted molar refractivity (Wildman–Crippen MR) is 118 cm³/mol. The van der Waals surface area contributed by atoms with Crippen LogP contribution < -0.4 is 0 Å². The molecule has 3 aromatic carbocycles. The number of benzene rings is 3. The maximum Gasteiger partial charge on any atom is 0.115 e. The average molecular weight is 481 g/mol. The summed E-state index contributed by atoms with van der Waals surface area (Å²) in [5.41, 5.74) is 6.01. The molecular formula is C23H15Br2NO. The second-order valence-electron chi connectivity index (χ2n) is 6.19. The van der Waals surface area contributed by atoms with Gasteiger partial charge in [0.05, 0.1) is 11.4 Å². The van der Waals surface area contributed by atoms with Crippen LogP contribution in [0.2, 0.25) is 0 Å². The Morgan fingerprint density at radius 2 is 0.926 bits per heavy atom. The van der Waals surface area contributed by atoms with Crippen LogP contribution in [0, 0.1) is 0 Å². The van der Waals surface area contributed by atoms with E-state index in [9.17, 15) is 5.11 Å². The van der Waals surface area contributed by atoms with Crippen LogP contribution in [0.5, 0.6) is 5.75 Å². The van der Waals surface area contributed by atoms with E-state index in [0.717, 1.165) is 42.6 Å². The zero-order valence-electron chi connectivity index (χ0n) is 14.2. The highest BCUT2D eigenvalue weighted by atomic mass is 79.9. The Morgan fingerprint density at radius 1 is 0.519 bits per heavy atom. The number of phenols is 1. The van der Waals surface area contributed by atoms with Crippen LogP contribution in [0.25, 0.3) is 33.6 Å². The molecule has 0 radical (unpaired) electrons. The molecule has 0 bridgehead atoms. The van der Waals surface area contributed by atoms with Gasteiger partial charge < -0.3 is 5.11 Å². The quantitative estimate of drug-likeness (QED) is 0.333. The Kier molecular flexibility index (Phi) is 5.10. The molecule has 0 saturated heterocycles. The summed E-state index contributed by atoms with van der Waals surface area (Å²) < 4.78 is 2.07. The monoisotopic (exact) mass is 479 g/mol. The summed E-state index contributed by atoms with van der Waals surface area (Å²) in [6.45, 7) is 0. The molecule has 0 aliphatic rings. The lowest BCUT2D eigenvalue weighted by Crippen LogP contribution is -1.91. The van der Waals surface area contributed by atoms with E-state index in [1.54, 1.807) is 12.1 Å². The fourth-order valence-electron chi connectivity index (χ4n) is 2.89. The molecule has 4 rings (SSSR count). The van der Waals surface area contributed by atoms with Gasteiger partial charge in [-0.05, 0) is 59.7 Å². The van der Waals surface area contributed by atoms with Crippen LogP contribution in [0.1, 0.15) is 0 Å². The average Bonchev–Trinajstić information content (AvgIpc) is 2.69. The smallest absolute Gasteiger partial charge is 0.115 e. The maximum atomic E-state index is 9.60. The Bertz CT molecular complexity index is 919. The minimum Gasteiger partial charge on any atom is -0.508 e. The molecule has 4 aromatic rings. The summed E-state index contributed by atoms with van der Waals surface area (Å²) in [7, 11) is 0. The van der Waals surface area contributed by atoms with Crippen LogP contribution >= 0.6 is 31.9 Å². The van der Waals surface area contributed by atoms with Gasteiger partial charge in [0, 0.05) is 20.1 Å². The third kappa shape index (κ3) is 4.12. The number of pyridine rings is 1. The highest BCUT2D eigenvalue weighted by Gasteiger charge is 2.09. The second kappa shape index (κ2) is 7.67. The second-order valence-corrected chi connectivity index (χ2v) is 8.02. The Morgan fingerprint density at radius 3 is 1.37 bits per heavy atom. The van der Waals surface area contributed by atoms with Crippen molar-refractivity contribution in [2.24, 2.45) is 0 Å². The van der Waals surface area contributed by atoms with Gasteiger partial charge in [-0.2, -0.15) is 0 Å². The predicted octanol–water partition coefficient (Wildman–Crippen LogP) is 7.31. The molecule has 0 fully saturated rings. The summed E-state index contributed by atoms with van der Waals surface area (Å²) in [6.07, 6.45) is 0. The first-order valence-electron chi connectivity index (χ1n) is 8.42. The van der Waals surface area contributed by atoms with E-state index < -0.39 is 0 Å². The highest BCUT2D eigenvalue weighted by molar-refractivity contribution is 9.10. The molecule has 0 aliphatic heterocycles. The lowest BCUT2D eigenvalue weighted by atomic mass is 10.00. The van der Waals surface area contributed by atoms with Gasteiger partial charge in [-0.15, -0.1) is 0 Å². The van der Waals surface area contributed by atoms with E-state index in [4.69, 9.17) is 4.98 Å². The van der Waals surface area contributed by atoms with E-state index in [1.165, 1.54) is 0 Å². The summed E-state index contributed by atoms with van der Waals surface area (Å²) >= 11 is 6.97.